The number of fused-ring (bicyclic) bond motifs is 1. The molecule has 1 unspecified atom stereocenters. The average Bonchev–Trinajstić information content (AvgIpc) is 2.19. The van der Waals surface area contributed by atoms with Gasteiger partial charge in [0.25, 0.3) is 0 Å². The molecule has 1 atom stereocenters. The van der Waals surface area contributed by atoms with Gasteiger partial charge in [-0.3, -0.25) is 9.59 Å². The summed E-state index contributed by atoms with van der Waals surface area (Å²) in [4.78, 5) is 22.2. The van der Waals surface area contributed by atoms with Crippen molar-refractivity contribution in [3.8, 4) is 0 Å². The number of nitrogens with one attached hydrogen (secondary N) is 2. The Morgan fingerprint density at radius 1 is 1.53 bits per heavy atom. The van der Waals surface area contributed by atoms with Gasteiger partial charge in [-0.1, -0.05) is 11.6 Å². The lowest BCUT2D eigenvalue weighted by Gasteiger charge is -2.27. The summed E-state index contributed by atoms with van der Waals surface area (Å²) >= 11 is 6.04. The fraction of sp³-hybridized carbons (Fsp3) is 0.273. The predicted molar refractivity (Wildman–Crippen MR) is 64.5 cm³/mol. The standard InChI is InChI=1S/C11H11ClN2O3/c1-5-2-6(12)10-7(3-5)14-11(17)8(13-10)4-9(15)16/h2-3,8,13H,4H2,1H3,(H,14,17)(H,15,16). The Morgan fingerprint density at radius 3 is 2.88 bits per heavy atom. The van der Waals surface area contributed by atoms with Crippen LogP contribution in [0.1, 0.15) is 12.0 Å². The highest BCUT2D eigenvalue weighted by atomic mass is 35.5. The van der Waals surface area contributed by atoms with E-state index in [2.05, 4.69) is 10.6 Å². The zero-order chi connectivity index (χ0) is 12.6. The molecule has 0 radical (unpaired) electrons. The Morgan fingerprint density at radius 2 is 2.24 bits per heavy atom. The summed E-state index contributed by atoms with van der Waals surface area (Å²) in [6.07, 6.45) is -0.282. The number of carboxylic acids is 1. The molecule has 1 heterocycles. The lowest BCUT2D eigenvalue weighted by molar-refractivity contribution is -0.138. The van der Waals surface area contributed by atoms with Gasteiger partial charge in [-0.2, -0.15) is 0 Å². The zero-order valence-corrected chi connectivity index (χ0v) is 9.84. The third kappa shape index (κ3) is 2.34. The summed E-state index contributed by atoms with van der Waals surface area (Å²) in [5.74, 6) is -1.40. The van der Waals surface area contributed by atoms with Crippen LogP contribution in [0.25, 0.3) is 0 Å². The molecule has 1 aromatic carbocycles. The molecule has 90 valence electrons. The average molecular weight is 255 g/mol. The van der Waals surface area contributed by atoms with Crippen molar-refractivity contribution in [2.75, 3.05) is 10.6 Å². The smallest absolute Gasteiger partial charge is 0.305 e. The molecule has 2 rings (SSSR count). The Hall–Kier alpha value is -1.75. The fourth-order valence-electron chi connectivity index (χ4n) is 1.77. The maximum atomic E-state index is 11.6. The molecule has 5 nitrogen and oxygen atoms in total. The molecule has 0 aliphatic carbocycles. The number of carbonyl (C=O) groups is 2. The second-order valence-corrected chi connectivity index (χ2v) is 4.36. The molecule has 0 saturated heterocycles. The molecule has 6 heteroatoms. The van der Waals surface area contributed by atoms with Gasteiger partial charge in [0.15, 0.2) is 0 Å². The Kier molecular flexibility index (Phi) is 2.93. The van der Waals surface area contributed by atoms with E-state index in [-0.39, 0.29) is 12.3 Å². The van der Waals surface area contributed by atoms with Gasteiger partial charge < -0.3 is 15.7 Å². The number of aryl methyl sites for hydroxylation is 1. The van der Waals surface area contributed by atoms with Gasteiger partial charge in [-0.15, -0.1) is 0 Å². The van der Waals surface area contributed by atoms with Crippen molar-refractivity contribution in [2.24, 2.45) is 0 Å². The molecule has 1 aromatic rings. The van der Waals surface area contributed by atoms with Crippen LogP contribution in [0.15, 0.2) is 12.1 Å². The van der Waals surface area contributed by atoms with Crippen molar-refractivity contribution in [3.05, 3.63) is 22.7 Å². The lowest BCUT2D eigenvalue weighted by Crippen LogP contribution is -2.40. The Labute approximate surface area is 103 Å². The van der Waals surface area contributed by atoms with Crippen LogP contribution in [0.5, 0.6) is 0 Å². The van der Waals surface area contributed by atoms with E-state index in [4.69, 9.17) is 16.7 Å². The van der Waals surface area contributed by atoms with Crippen molar-refractivity contribution in [1.82, 2.24) is 0 Å². The first-order chi connectivity index (χ1) is 7.97. The number of carbonyl (C=O) groups excluding carboxylic acids is 1. The van der Waals surface area contributed by atoms with Crippen LogP contribution in [0.4, 0.5) is 11.4 Å². The largest absolute Gasteiger partial charge is 0.481 e. The van der Waals surface area contributed by atoms with Gasteiger partial charge in [0.1, 0.15) is 6.04 Å². The first-order valence-corrected chi connectivity index (χ1v) is 5.44. The second kappa shape index (κ2) is 4.25. The number of carboxylic acid groups (broad SMARTS) is 1. The molecule has 0 fully saturated rings. The van der Waals surface area contributed by atoms with E-state index >= 15 is 0 Å². The minimum absolute atomic E-state index is 0.282. The number of anilines is 2. The van der Waals surface area contributed by atoms with Gasteiger partial charge in [-0.25, -0.2) is 0 Å². The van der Waals surface area contributed by atoms with Crippen molar-refractivity contribution in [3.63, 3.8) is 0 Å². The van der Waals surface area contributed by atoms with Gasteiger partial charge in [0.2, 0.25) is 5.91 Å². The molecule has 17 heavy (non-hydrogen) atoms. The number of rotatable bonds is 2. The van der Waals surface area contributed by atoms with Crippen LogP contribution in [0.3, 0.4) is 0 Å². The van der Waals surface area contributed by atoms with Crippen molar-refractivity contribution < 1.29 is 14.7 Å². The quantitative estimate of drug-likeness (QED) is 0.753. The fourth-order valence-corrected chi connectivity index (χ4v) is 2.09. The second-order valence-electron chi connectivity index (χ2n) is 3.95. The van der Waals surface area contributed by atoms with Crippen LogP contribution in [0.2, 0.25) is 5.02 Å². The number of hydrogen-bond acceptors (Lipinski definition) is 3. The van der Waals surface area contributed by atoms with Crippen LogP contribution >= 0.6 is 11.6 Å². The lowest BCUT2D eigenvalue weighted by atomic mass is 10.1. The summed E-state index contributed by atoms with van der Waals surface area (Å²) < 4.78 is 0. The monoisotopic (exact) mass is 254 g/mol. The van der Waals surface area contributed by atoms with Crippen LogP contribution < -0.4 is 10.6 Å². The molecule has 1 aliphatic heterocycles. The van der Waals surface area contributed by atoms with E-state index in [1.54, 1.807) is 12.1 Å². The topological polar surface area (TPSA) is 78.4 Å². The maximum Gasteiger partial charge on any atom is 0.305 e. The minimum atomic E-state index is -1.04. The highest BCUT2D eigenvalue weighted by Gasteiger charge is 2.28. The molecule has 1 aliphatic rings. The van der Waals surface area contributed by atoms with Gasteiger partial charge in [-0.05, 0) is 24.6 Å². The van der Waals surface area contributed by atoms with Gasteiger partial charge in [0.05, 0.1) is 22.8 Å². The van der Waals surface area contributed by atoms with E-state index < -0.39 is 12.0 Å². The summed E-state index contributed by atoms with van der Waals surface area (Å²) in [6, 6.07) is 2.74. The number of hydrogen-bond donors (Lipinski definition) is 3. The summed E-state index contributed by atoms with van der Waals surface area (Å²) in [5, 5.41) is 14.7. The highest BCUT2D eigenvalue weighted by molar-refractivity contribution is 6.34. The number of halogens is 1. The van der Waals surface area contributed by atoms with E-state index in [1.807, 2.05) is 6.92 Å². The maximum absolute atomic E-state index is 11.6. The normalized spacial score (nSPS) is 18.0. The molecule has 0 bridgehead atoms. The molecule has 1 amide bonds. The molecule has 0 spiro atoms. The summed E-state index contributed by atoms with van der Waals surface area (Å²) in [6.45, 7) is 1.86. The number of benzene rings is 1. The van der Waals surface area contributed by atoms with Crippen LogP contribution in [-0.2, 0) is 9.59 Å². The van der Waals surface area contributed by atoms with Gasteiger partial charge >= 0.3 is 5.97 Å². The van der Waals surface area contributed by atoms with E-state index in [0.717, 1.165) is 5.56 Å². The molecular weight excluding hydrogens is 244 g/mol. The SMILES string of the molecule is Cc1cc(Cl)c2c(c1)NC(=O)C(CC(=O)O)N2. The molecular formula is C11H11ClN2O3. The third-order valence-corrected chi connectivity index (χ3v) is 2.80. The van der Waals surface area contributed by atoms with Crippen molar-refractivity contribution in [1.29, 1.82) is 0 Å². The van der Waals surface area contributed by atoms with Crippen LogP contribution in [0, 0.1) is 6.92 Å². The van der Waals surface area contributed by atoms with E-state index in [0.29, 0.717) is 16.4 Å². The molecule has 3 N–H and O–H groups in total. The summed E-state index contributed by atoms with van der Waals surface area (Å²) in [7, 11) is 0. The van der Waals surface area contributed by atoms with E-state index in [9.17, 15) is 9.59 Å². The zero-order valence-electron chi connectivity index (χ0n) is 9.08. The first kappa shape index (κ1) is 11.7. The Balaban J connectivity index is 2.34. The van der Waals surface area contributed by atoms with E-state index in [1.165, 1.54) is 0 Å². The third-order valence-electron chi connectivity index (χ3n) is 2.51. The van der Waals surface area contributed by atoms with Gasteiger partial charge in [0, 0.05) is 0 Å². The first-order valence-electron chi connectivity index (χ1n) is 5.06. The molecule has 0 saturated carbocycles. The van der Waals surface area contributed by atoms with Crippen molar-refractivity contribution >= 4 is 34.9 Å². The predicted octanol–water partition coefficient (Wildman–Crippen LogP) is 1.86. The Bertz CT molecular complexity index is 502. The van der Waals surface area contributed by atoms with Crippen molar-refractivity contribution in [2.45, 2.75) is 19.4 Å². The number of amides is 1. The minimum Gasteiger partial charge on any atom is -0.481 e. The van der Waals surface area contributed by atoms with Crippen LogP contribution in [-0.4, -0.2) is 23.0 Å². The molecule has 0 aromatic heterocycles. The highest BCUT2D eigenvalue weighted by Crippen LogP contribution is 2.35. The summed E-state index contributed by atoms with van der Waals surface area (Å²) in [5.41, 5.74) is 2.08. The number of aliphatic carboxylic acids is 1.